The zero-order valence-corrected chi connectivity index (χ0v) is 14.6. The summed E-state index contributed by atoms with van der Waals surface area (Å²) in [6.45, 7) is 3.43. The van der Waals surface area contributed by atoms with Crippen LogP contribution in [0.15, 0.2) is 53.6 Å². The summed E-state index contributed by atoms with van der Waals surface area (Å²) in [7, 11) is -5.52. The van der Waals surface area contributed by atoms with E-state index in [1.807, 2.05) is 0 Å². The molecule has 2 heterocycles. The molecule has 1 aromatic carbocycles. The van der Waals surface area contributed by atoms with E-state index >= 15 is 0 Å². The number of sulfone groups is 1. The fourth-order valence-electron chi connectivity index (χ4n) is 2.70. The second-order valence-electron chi connectivity index (χ2n) is 6.28. The first-order valence-corrected chi connectivity index (χ1v) is 8.97. The largest absolute Gasteiger partial charge is 0.618 e. The average Bonchev–Trinajstić information content (AvgIpc) is 2.52. The van der Waals surface area contributed by atoms with Crippen LogP contribution in [-0.4, -0.2) is 19.5 Å². The van der Waals surface area contributed by atoms with E-state index in [4.69, 9.17) is 4.74 Å². The lowest BCUT2D eigenvalue weighted by Gasteiger charge is -2.30. The Morgan fingerprint density at radius 2 is 1.85 bits per heavy atom. The lowest BCUT2D eigenvalue weighted by Crippen LogP contribution is -2.34. The maximum atomic E-state index is 12.9. The Morgan fingerprint density at radius 3 is 2.46 bits per heavy atom. The molecule has 1 aromatic heterocycles. The predicted molar refractivity (Wildman–Crippen MR) is 86.9 cm³/mol. The van der Waals surface area contributed by atoms with E-state index in [9.17, 15) is 26.8 Å². The van der Waals surface area contributed by atoms with Crippen molar-refractivity contribution in [2.24, 2.45) is 0 Å². The van der Waals surface area contributed by atoms with Crippen LogP contribution in [0.4, 0.5) is 13.2 Å². The molecule has 0 bridgehead atoms. The molecular formula is C17H14F3NO4S. The lowest BCUT2D eigenvalue weighted by molar-refractivity contribution is -0.608. The first kappa shape index (κ1) is 18.2. The molecule has 0 atom stereocenters. The van der Waals surface area contributed by atoms with Crippen molar-refractivity contribution >= 4 is 15.4 Å². The maximum Gasteiger partial charge on any atom is 0.501 e. The Kier molecular flexibility index (Phi) is 4.02. The van der Waals surface area contributed by atoms with Gasteiger partial charge in [0.25, 0.3) is 9.84 Å². The maximum absolute atomic E-state index is 12.9. The van der Waals surface area contributed by atoms with Gasteiger partial charge in [-0.3, -0.25) is 0 Å². The third kappa shape index (κ3) is 3.03. The molecule has 0 saturated heterocycles. The van der Waals surface area contributed by atoms with Gasteiger partial charge in [-0.25, -0.2) is 8.42 Å². The van der Waals surface area contributed by atoms with Crippen LogP contribution in [0.1, 0.15) is 25.1 Å². The summed E-state index contributed by atoms with van der Waals surface area (Å²) >= 11 is 0. The van der Waals surface area contributed by atoms with Crippen molar-refractivity contribution < 1.29 is 31.1 Å². The highest BCUT2D eigenvalue weighted by molar-refractivity contribution is 7.92. The molecule has 2 aromatic rings. The number of hydrogen-bond acceptors (Lipinski definition) is 4. The number of nitrogens with zero attached hydrogens (tertiary/aromatic N) is 1. The number of ether oxygens (including phenoxy) is 1. The number of fused-ring (bicyclic) bond motifs is 1. The van der Waals surface area contributed by atoms with E-state index in [0.717, 1.165) is 12.1 Å². The van der Waals surface area contributed by atoms with E-state index in [-0.39, 0.29) is 17.0 Å². The van der Waals surface area contributed by atoms with E-state index < -0.39 is 25.8 Å². The number of benzene rings is 1. The molecule has 9 heteroatoms. The Bertz CT molecular complexity index is 1010. The zero-order valence-electron chi connectivity index (χ0n) is 13.7. The molecule has 26 heavy (non-hydrogen) atoms. The quantitative estimate of drug-likeness (QED) is 0.588. The molecule has 0 unspecified atom stereocenters. The molecule has 0 aliphatic carbocycles. The standard InChI is InChI=1S/C17H14F3NO4S/c1-16(2)10-13(14-5-3-4-8-21(14)22)12-9-11(6-7-15(12)25-16)26(23,24)17(18,19)20/h3-10H,1-2H3. The number of hydrogen-bond donors (Lipinski definition) is 0. The van der Waals surface area contributed by atoms with Crippen molar-refractivity contribution in [3.63, 3.8) is 0 Å². The number of halogens is 3. The van der Waals surface area contributed by atoms with Gasteiger partial charge in [0.05, 0.1) is 10.5 Å². The minimum atomic E-state index is -5.52. The van der Waals surface area contributed by atoms with Crippen molar-refractivity contribution in [3.05, 3.63) is 65.1 Å². The number of rotatable bonds is 2. The van der Waals surface area contributed by atoms with E-state index in [0.29, 0.717) is 10.3 Å². The molecule has 0 N–H and O–H groups in total. The van der Waals surface area contributed by atoms with Crippen molar-refractivity contribution in [1.82, 2.24) is 0 Å². The van der Waals surface area contributed by atoms with Gasteiger partial charge in [0.1, 0.15) is 11.4 Å². The summed E-state index contributed by atoms with van der Waals surface area (Å²) in [6.07, 6.45) is 2.82. The molecule has 3 rings (SSSR count). The van der Waals surface area contributed by atoms with Gasteiger partial charge in [-0.05, 0) is 44.2 Å². The van der Waals surface area contributed by atoms with Crippen LogP contribution < -0.4 is 9.47 Å². The third-order valence-electron chi connectivity index (χ3n) is 3.82. The fraction of sp³-hybridized carbons (Fsp3) is 0.235. The summed E-state index contributed by atoms with van der Waals surface area (Å²) in [5, 5.41) is 12.1. The smallest absolute Gasteiger partial charge is 0.501 e. The Hall–Kier alpha value is -2.55. The zero-order chi connectivity index (χ0) is 19.3. The van der Waals surface area contributed by atoms with E-state index in [2.05, 4.69) is 0 Å². The minimum Gasteiger partial charge on any atom is -0.618 e. The summed E-state index contributed by atoms with van der Waals surface area (Å²) < 4.78 is 68.3. The molecule has 0 spiro atoms. The van der Waals surface area contributed by atoms with Crippen LogP contribution in [0.3, 0.4) is 0 Å². The Morgan fingerprint density at radius 1 is 1.15 bits per heavy atom. The van der Waals surface area contributed by atoms with Crippen LogP contribution in [0.5, 0.6) is 5.75 Å². The molecule has 0 amide bonds. The average molecular weight is 385 g/mol. The lowest BCUT2D eigenvalue weighted by atomic mass is 9.92. The number of alkyl halides is 3. The second-order valence-corrected chi connectivity index (χ2v) is 8.22. The van der Waals surface area contributed by atoms with Gasteiger partial charge in [-0.2, -0.15) is 17.9 Å². The first-order valence-electron chi connectivity index (χ1n) is 7.49. The van der Waals surface area contributed by atoms with Gasteiger partial charge in [0, 0.05) is 17.7 Å². The summed E-state index contributed by atoms with van der Waals surface area (Å²) in [5.41, 5.74) is -5.69. The third-order valence-corrected chi connectivity index (χ3v) is 5.31. The summed E-state index contributed by atoms with van der Waals surface area (Å²) in [5.74, 6) is 0.192. The van der Waals surface area contributed by atoms with Gasteiger partial charge >= 0.3 is 5.51 Å². The summed E-state index contributed by atoms with van der Waals surface area (Å²) in [4.78, 5) is -0.911. The SMILES string of the molecule is CC1(C)C=C(c2cccc[n+]2[O-])c2cc(S(=O)(=O)C(F)(F)F)ccc2O1. The molecule has 0 radical (unpaired) electrons. The Labute approximate surface area is 147 Å². The van der Waals surface area contributed by atoms with Crippen LogP contribution in [0.25, 0.3) is 5.57 Å². The van der Waals surface area contributed by atoms with Gasteiger partial charge in [-0.1, -0.05) is 0 Å². The monoisotopic (exact) mass is 385 g/mol. The topological polar surface area (TPSA) is 70.3 Å². The Balaban J connectivity index is 2.25. The molecule has 1 aliphatic rings. The molecule has 0 saturated carbocycles. The van der Waals surface area contributed by atoms with E-state index in [1.165, 1.54) is 24.4 Å². The number of aromatic nitrogens is 1. The fourth-order valence-corrected chi connectivity index (χ4v) is 3.48. The van der Waals surface area contributed by atoms with Crippen LogP contribution >= 0.6 is 0 Å². The second kappa shape index (κ2) is 5.73. The van der Waals surface area contributed by atoms with Crippen LogP contribution in [0, 0.1) is 5.21 Å². The van der Waals surface area contributed by atoms with Gasteiger partial charge < -0.3 is 9.94 Å². The van der Waals surface area contributed by atoms with Crippen molar-refractivity contribution in [3.8, 4) is 5.75 Å². The molecule has 0 fully saturated rings. The minimum absolute atomic E-state index is 0.102. The first-order chi connectivity index (χ1) is 11.9. The highest BCUT2D eigenvalue weighted by atomic mass is 32.2. The van der Waals surface area contributed by atoms with Crippen LogP contribution in [0.2, 0.25) is 0 Å². The van der Waals surface area contributed by atoms with Crippen molar-refractivity contribution in [2.45, 2.75) is 29.9 Å². The van der Waals surface area contributed by atoms with Gasteiger partial charge in [0.2, 0.25) is 5.69 Å². The van der Waals surface area contributed by atoms with Crippen molar-refractivity contribution in [1.29, 1.82) is 0 Å². The number of pyridine rings is 1. The molecular weight excluding hydrogens is 371 g/mol. The van der Waals surface area contributed by atoms with Crippen LogP contribution in [-0.2, 0) is 9.84 Å². The van der Waals surface area contributed by atoms with Crippen molar-refractivity contribution in [2.75, 3.05) is 0 Å². The molecule has 138 valence electrons. The van der Waals surface area contributed by atoms with Gasteiger partial charge in [0.15, 0.2) is 6.20 Å². The molecule has 5 nitrogen and oxygen atoms in total. The normalized spacial score (nSPS) is 16.4. The highest BCUT2D eigenvalue weighted by Gasteiger charge is 2.47. The predicted octanol–water partition coefficient (Wildman–Crippen LogP) is 3.22. The van der Waals surface area contributed by atoms with E-state index in [1.54, 1.807) is 26.0 Å². The molecule has 1 aliphatic heterocycles. The summed E-state index contributed by atoms with van der Waals surface area (Å²) in [6, 6.07) is 7.49. The highest BCUT2D eigenvalue weighted by Crippen LogP contribution is 2.41. The van der Waals surface area contributed by atoms with Gasteiger partial charge in [-0.15, -0.1) is 0 Å².